The van der Waals surface area contributed by atoms with E-state index in [1.807, 2.05) is 13.8 Å². The van der Waals surface area contributed by atoms with E-state index in [1.54, 1.807) is 0 Å². The lowest BCUT2D eigenvalue weighted by atomic mass is 10.2. The van der Waals surface area contributed by atoms with Crippen LogP contribution in [0.2, 0.25) is 0 Å². The van der Waals surface area contributed by atoms with Crippen molar-refractivity contribution >= 4 is 5.95 Å². The summed E-state index contributed by atoms with van der Waals surface area (Å²) in [4.78, 5) is 4.33. The van der Waals surface area contributed by atoms with Crippen LogP contribution in [0, 0.1) is 19.3 Å². The molecule has 0 radical (unpaired) electrons. The van der Waals surface area contributed by atoms with Gasteiger partial charge in [0, 0.05) is 6.04 Å². The van der Waals surface area contributed by atoms with Gasteiger partial charge < -0.3 is 5.32 Å². The van der Waals surface area contributed by atoms with Crippen molar-refractivity contribution in [3.05, 3.63) is 11.4 Å². The molecule has 0 aliphatic heterocycles. The van der Waals surface area contributed by atoms with Crippen LogP contribution in [-0.4, -0.2) is 21.2 Å². The van der Waals surface area contributed by atoms with Crippen LogP contribution in [0.25, 0.3) is 0 Å². The highest BCUT2D eigenvalue weighted by Crippen LogP contribution is 2.46. The lowest BCUT2D eigenvalue weighted by Gasteiger charge is -2.06. The summed E-state index contributed by atoms with van der Waals surface area (Å²) >= 11 is 0. The highest BCUT2D eigenvalue weighted by Gasteiger charge is 2.46. The maximum Gasteiger partial charge on any atom is 0.243 e. The molecule has 1 N–H and O–H groups in total. The van der Waals surface area contributed by atoms with E-state index in [0.717, 1.165) is 11.4 Å². The Hall–Kier alpha value is -1.19. The van der Waals surface area contributed by atoms with E-state index < -0.39 is 0 Å². The molecule has 1 unspecified atom stereocenters. The molecule has 1 aliphatic rings. The van der Waals surface area contributed by atoms with E-state index in [-0.39, 0.29) is 0 Å². The molecule has 0 aromatic carbocycles. The minimum Gasteiger partial charge on any atom is -0.350 e. The van der Waals surface area contributed by atoms with E-state index in [0.29, 0.717) is 17.4 Å². The first-order valence-electron chi connectivity index (χ1n) is 4.93. The van der Waals surface area contributed by atoms with Crippen molar-refractivity contribution in [3.8, 4) is 0 Å². The Labute approximate surface area is 84.2 Å². The third-order valence-electron chi connectivity index (χ3n) is 2.91. The smallest absolute Gasteiger partial charge is 0.243 e. The van der Waals surface area contributed by atoms with Crippen molar-refractivity contribution in [2.45, 2.75) is 40.2 Å². The summed E-state index contributed by atoms with van der Waals surface area (Å²) in [5.41, 5.74) is 2.23. The molecule has 0 amide bonds. The Morgan fingerprint density at radius 3 is 2.36 bits per heavy atom. The Kier molecular flexibility index (Phi) is 1.94. The summed E-state index contributed by atoms with van der Waals surface area (Å²) < 4.78 is 0. The predicted octanol–water partition coefficient (Wildman–Crippen LogP) is 1.70. The van der Waals surface area contributed by atoms with Crippen LogP contribution < -0.4 is 5.32 Å². The Bertz CT molecular complexity index is 359. The fraction of sp³-hybridized carbons (Fsp3) is 0.700. The number of aromatic nitrogens is 3. The number of nitrogens with one attached hydrogen (secondary N) is 1. The fourth-order valence-electron chi connectivity index (χ4n) is 1.39. The van der Waals surface area contributed by atoms with Crippen LogP contribution in [0.3, 0.4) is 0 Å². The van der Waals surface area contributed by atoms with Crippen LogP contribution in [-0.2, 0) is 0 Å². The van der Waals surface area contributed by atoms with Gasteiger partial charge in [-0.05, 0) is 25.7 Å². The molecule has 0 spiro atoms. The van der Waals surface area contributed by atoms with Gasteiger partial charge in [-0.25, -0.2) is 4.98 Å². The Balaban J connectivity index is 2.08. The minimum absolute atomic E-state index is 0.391. The number of rotatable bonds is 2. The molecular weight excluding hydrogens is 176 g/mol. The lowest BCUT2D eigenvalue weighted by molar-refractivity contribution is 0.628. The minimum atomic E-state index is 0.391. The van der Waals surface area contributed by atoms with Gasteiger partial charge in [0.25, 0.3) is 0 Å². The van der Waals surface area contributed by atoms with Crippen LogP contribution in [0.15, 0.2) is 0 Å². The molecule has 1 aromatic heterocycles. The monoisotopic (exact) mass is 192 g/mol. The SMILES string of the molecule is Cc1nnc(NC2CC2(C)C)nc1C. The van der Waals surface area contributed by atoms with Gasteiger partial charge in [-0.15, -0.1) is 5.10 Å². The van der Waals surface area contributed by atoms with Crippen molar-refractivity contribution in [2.75, 3.05) is 5.32 Å². The van der Waals surface area contributed by atoms with E-state index in [2.05, 4.69) is 34.3 Å². The molecule has 4 heteroatoms. The van der Waals surface area contributed by atoms with Crippen LogP contribution in [0.5, 0.6) is 0 Å². The molecule has 1 fully saturated rings. The summed E-state index contributed by atoms with van der Waals surface area (Å²) in [6.07, 6.45) is 1.18. The second kappa shape index (κ2) is 2.90. The van der Waals surface area contributed by atoms with Crippen molar-refractivity contribution in [3.63, 3.8) is 0 Å². The molecule has 0 saturated heterocycles. The van der Waals surface area contributed by atoms with E-state index >= 15 is 0 Å². The summed E-state index contributed by atoms with van der Waals surface area (Å²) in [7, 11) is 0. The van der Waals surface area contributed by atoms with Gasteiger partial charge >= 0.3 is 0 Å². The van der Waals surface area contributed by atoms with Crippen LogP contribution >= 0.6 is 0 Å². The quantitative estimate of drug-likeness (QED) is 0.774. The average Bonchev–Trinajstić information content (AvgIpc) is 2.67. The van der Waals surface area contributed by atoms with Crippen LogP contribution in [0.1, 0.15) is 31.7 Å². The second-order valence-electron chi connectivity index (χ2n) is 4.70. The van der Waals surface area contributed by atoms with Gasteiger partial charge in [0.2, 0.25) is 5.95 Å². The van der Waals surface area contributed by atoms with E-state index in [1.165, 1.54) is 6.42 Å². The number of hydrogen-bond acceptors (Lipinski definition) is 4. The Morgan fingerprint density at radius 2 is 1.86 bits per heavy atom. The fourth-order valence-corrected chi connectivity index (χ4v) is 1.39. The van der Waals surface area contributed by atoms with Gasteiger partial charge in [-0.1, -0.05) is 13.8 Å². The number of nitrogens with zero attached hydrogens (tertiary/aromatic N) is 3. The molecule has 14 heavy (non-hydrogen) atoms. The van der Waals surface area contributed by atoms with E-state index in [4.69, 9.17) is 0 Å². The van der Waals surface area contributed by atoms with Gasteiger partial charge in [0.15, 0.2) is 0 Å². The molecule has 1 heterocycles. The summed E-state index contributed by atoms with van der Waals surface area (Å²) in [5, 5.41) is 11.3. The zero-order valence-electron chi connectivity index (χ0n) is 9.13. The van der Waals surface area contributed by atoms with E-state index in [9.17, 15) is 0 Å². The van der Waals surface area contributed by atoms with Gasteiger partial charge in [0.05, 0.1) is 11.4 Å². The highest BCUT2D eigenvalue weighted by molar-refractivity contribution is 5.31. The third-order valence-corrected chi connectivity index (χ3v) is 2.91. The predicted molar refractivity (Wildman–Crippen MR) is 55.1 cm³/mol. The average molecular weight is 192 g/mol. The molecular formula is C10H16N4. The van der Waals surface area contributed by atoms with Gasteiger partial charge in [0.1, 0.15) is 0 Å². The molecule has 1 aliphatic carbocycles. The maximum atomic E-state index is 4.33. The molecule has 0 bridgehead atoms. The van der Waals surface area contributed by atoms with Gasteiger partial charge in [-0.2, -0.15) is 5.10 Å². The summed E-state index contributed by atoms with van der Waals surface area (Å²) in [6.45, 7) is 8.34. The molecule has 76 valence electrons. The lowest BCUT2D eigenvalue weighted by Crippen LogP contribution is -2.12. The second-order valence-corrected chi connectivity index (χ2v) is 4.70. The zero-order valence-corrected chi connectivity index (χ0v) is 9.13. The number of anilines is 1. The first-order valence-corrected chi connectivity index (χ1v) is 4.93. The van der Waals surface area contributed by atoms with Crippen molar-refractivity contribution in [1.29, 1.82) is 0 Å². The van der Waals surface area contributed by atoms with Crippen molar-refractivity contribution in [2.24, 2.45) is 5.41 Å². The molecule has 4 nitrogen and oxygen atoms in total. The largest absolute Gasteiger partial charge is 0.350 e. The zero-order chi connectivity index (χ0) is 10.3. The summed E-state index contributed by atoms with van der Waals surface area (Å²) in [5.74, 6) is 0.656. The first kappa shape index (κ1) is 9.37. The molecule has 1 aromatic rings. The van der Waals surface area contributed by atoms with Crippen molar-refractivity contribution < 1.29 is 0 Å². The molecule has 1 saturated carbocycles. The third kappa shape index (κ3) is 1.69. The molecule has 2 rings (SSSR count). The van der Waals surface area contributed by atoms with Crippen LogP contribution in [0.4, 0.5) is 5.95 Å². The molecule has 1 atom stereocenters. The standard InChI is InChI=1S/C10H16N4/c1-6-7(2)13-14-9(11-6)12-8-5-10(8,3)4/h8H,5H2,1-4H3,(H,11,12,14). The Morgan fingerprint density at radius 1 is 1.21 bits per heavy atom. The maximum absolute atomic E-state index is 4.33. The number of aryl methyl sites for hydroxylation is 2. The number of hydrogen-bond donors (Lipinski definition) is 1. The topological polar surface area (TPSA) is 50.7 Å². The van der Waals surface area contributed by atoms with Gasteiger partial charge in [-0.3, -0.25) is 0 Å². The highest BCUT2D eigenvalue weighted by atomic mass is 15.3. The normalized spacial score (nSPS) is 23.3. The first-order chi connectivity index (χ1) is 6.49. The van der Waals surface area contributed by atoms with Crippen molar-refractivity contribution in [1.82, 2.24) is 15.2 Å². The summed E-state index contributed by atoms with van der Waals surface area (Å²) in [6, 6.07) is 0.506.